The third-order valence-electron chi connectivity index (χ3n) is 2.93. The number of anilines is 1. The highest BCUT2D eigenvalue weighted by molar-refractivity contribution is 9.11. The van der Waals surface area contributed by atoms with Crippen LogP contribution in [0.25, 0.3) is 0 Å². The topological polar surface area (TPSA) is 64.0 Å². The molecule has 2 heterocycles. The van der Waals surface area contributed by atoms with Gasteiger partial charge in [-0.05, 0) is 45.8 Å². The smallest absolute Gasteiger partial charge is 0.266 e. The lowest BCUT2D eigenvalue weighted by Crippen LogP contribution is -2.12. The second-order valence-corrected chi connectivity index (χ2v) is 9.06. The fourth-order valence-electron chi connectivity index (χ4n) is 1.96. The molecule has 23 heavy (non-hydrogen) atoms. The van der Waals surface area contributed by atoms with Crippen molar-refractivity contribution in [2.45, 2.75) is 10.8 Å². The highest BCUT2D eigenvalue weighted by Crippen LogP contribution is 2.27. The summed E-state index contributed by atoms with van der Waals surface area (Å²) in [7, 11) is -3.66. The average Bonchev–Trinajstić information content (AvgIpc) is 3.08. The highest BCUT2D eigenvalue weighted by atomic mass is 79.9. The van der Waals surface area contributed by atoms with Crippen LogP contribution in [0, 0.1) is 5.82 Å². The maximum atomic E-state index is 13.2. The van der Waals surface area contributed by atoms with Crippen molar-refractivity contribution in [3.05, 3.63) is 63.8 Å². The van der Waals surface area contributed by atoms with E-state index in [1.165, 1.54) is 22.9 Å². The molecule has 0 aliphatic heterocycles. The molecule has 1 aromatic carbocycles. The molecule has 0 atom stereocenters. The van der Waals surface area contributed by atoms with Gasteiger partial charge in [0.1, 0.15) is 10.0 Å². The van der Waals surface area contributed by atoms with Gasteiger partial charge in [-0.15, -0.1) is 11.3 Å². The van der Waals surface area contributed by atoms with Crippen LogP contribution in [0.15, 0.2) is 56.7 Å². The molecular weight excluding hydrogens is 405 g/mol. The van der Waals surface area contributed by atoms with Crippen LogP contribution >= 0.6 is 27.3 Å². The van der Waals surface area contributed by atoms with Gasteiger partial charge in [0.05, 0.1) is 10.3 Å². The van der Waals surface area contributed by atoms with E-state index in [4.69, 9.17) is 0 Å². The molecule has 1 N–H and O–H groups in total. The van der Waals surface area contributed by atoms with E-state index in [1.807, 2.05) is 0 Å². The average molecular weight is 416 g/mol. The quantitative estimate of drug-likeness (QED) is 0.690. The van der Waals surface area contributed by atoms with Crippen molar-refractivity contribution in [1.29, 1.82) is 0 Å². The number of hydrogen-bond acceptors (Lipinski definition) is 4. The number of nitrogens with zero attached hydrogens (tertiary/aromatic N) is 2. The van der Waals surface area contributed by atoms with Gasteiger partial charge in [0, 0.05) is 12.3 Å². The molecule has 0 unspecified atom stereocenters. The van der Waals surface area contributed by atoms with E-state index < -0.39 is 10.0 Å². The molecule has 0 radical (unpaired) electrons. The Morgan fingerprint density at radius 1 is 1.26 bits per heavy atom. The van der Waals surface area contributed by atoms with Crippen LogP contribution in [0.3, 0.4) is 0 Å². The number of rotatable bonds is 5. The van der Waals surface area contributed by atoms with Crippen LogP contribution in [0.4, 0.5) is 10.2 Å². The molecule has 0 amide bonds. The molecular formula is C14H11BrFN3O2S2. The molecule has 120 valence electrons. The van der Waals surface area contributed by atoms with Crippen LogP contribution < -0.4 is 4.72 Å². The van der Waals surface area contributed by atoms with Gasteiger partial charge in [-0.1, -0.05) is 12.1 Å². The Balaban J connectivity index is 1.74. The molecule has 0 saturated carbocycles. The van der Waals surface area contributed by atoms with Crippen LogP contribution in [-0.2, 0) is 16.6 Å². The summed E-state index contributed by atoms with van der Waals surface area (Å²) >= 11 is 4.35. The Morgan fingerprint density at radius 3 is 2.78 bits per heavy atom. The normalized spacial score (nSPS) is 11.6. The van der Waals surface area contributed by atoms with Crippen molar-refractivity contribution in [2.75, 3.05) is 4.72 Å². The molecule has 2 aromatic heterocycles. The Hall–Kier alpha value is -1.71. The lowest BCUT2D eigenvalue weighted by Gasteiger charge is -2.04. The maximum absolute atomic E-state index is 13.2. The number of halogens is 2. The summed E-state index contributed by atoms with van der Waals surface area (Å²) in [4.78, 5) is 0. The fraction of sp³-hybridized carbons (Fsp3) is 0.0714. The van der Waals surface area contributed by atoms with Crippen molar-refractivity contribution >= 4 is 43.1 Å². The van der Waals surface area contributed by atoms with Gasteiger partial charge in [-0.2, -0.15) is 5.10 Å². The van der Waals surface area contributed by atoms with Crippen molar-refractivity contribution < 1.29 is 12.8 Å². The van der Waals surface area contributed by atoms with Gasteiger partial charge in [-0.3, -0.25) is 9.40 Å². The Bertz CT molecular complexity index is 937. The van der Waals surface area contributed by atoms with Gasteiger partial charge in [0.2, 0.25) is 0 Å². The number of thiophene rings is 1. The summed E-state index contributed by atoms with van der Waals surface area (Å²) < 4.78 is 42.5. The summed E-state index contributed by atoms with van der Waals surface area (Å²) in [5.41, 5.74) is 0.740. The number of aromatic nitrogens is 2. The Morgan fingerprint density at radius 2 is 2.09 bits per heavy atom. The Labute approximate surface area is 145 Å². The van der Waals surface area contributed by atoms with E-state index >= 15 is 0 Å². The predicted octanol–water partition coefficient (Wildman–Crippen LogP) is 3.70. The molecule has 0 bridgehead atoms. The lowest BCUT2D eigenvalue weighted by atomic mass is 10.2. The molecule has 0 aliphatic rings. The van der Waals surface area contributed by atoms with Gasteiger partial charge >= 0.3 is 0 Å². The molecule has 0 saturated heterocycles. The first kappa shape index (κ1) is 16.2. The first-order valence-corrected chi connectivity index (χ1v) is 9.58. The summed E-state index contributed by atoms with van der Waals surface area (Å²) in [6.07, 6.45) is 1.63. The molecule has 0 aliphatic carbocycles. The van der Waals surface area contributed by atoms with Crippen molar-refractivity contribution in [3.8, 4) is 0 Å². The third kappa shape index (κ3) is 3.98. The van der Waals surface area contributed by atoms with E-state index in [0.717, 1.165) is 20.7 Å². The molecule has 3 aromatic rings. The fourth-order valence-corrected chi connectivity index (χ4v) is 4.96. The molecule has 3 rings (SSSR count). The summed E-state index contributed by atoms with van der Waals surface area (Å²) in [6.45, 7) is 0.351. The number of benzene rings is 1. The lowest BCUT2D eigenvalue weighted by molar-refractivity contribution is 0.602. The number of nitrogens with one attached hydrogen (secondary N) is 1. The second-order valence-electron chi connectivity index (χ2n) is 4.69. The first-order chi connectivity index (χ1) is 10.9. The maximum Gasteiger partial charge on any atom is 0.272 e. The van der Waals surface area contributed by atoms with E-state index in [2.05, 4.69) is 25.8 Å². The minimum Gasteiger partial charge on any atom is -0.266 e. The second kappa shape index (κ2) is 6.42. The summed E-state index contributed by atoms with van der Waals surface area (Å²) in [6, 6.07) is 10.9. The zero-order valence-corrected chi connectivity index (χ0v) is 14.8. The highest BCUT2D eigenvalue weighted by Gasteiger charge is 2.17. The minimum absolute atomic E-state index is 0.198. The van der Waals surface area contributed by atoms with Crippen molar-refractivity contribution in [3.63, 3.8) is 0 Å². The number of hydrogen-bond donors (Lipinski definition) is 1. The molecule has 9 heteroatoms. The molecule has 0 fully saturated rings. The third-order valence-corrected chi connectivity index (χ3v) is 6.40. The van der Waals surface area contributed by atoms with Crippen LogP contribution in [0.5, 0.6) is 0 Å². The van der Waals surface area contributed by atoms with Gasteiger partial charge in [0.15, 0.2) is 5.82 Å². The Kier molecular flexibility index (Phi) is 4.51. The van der Waals surface area contributed by atoms with Crippen molar-refractivity contribution in [2.24, 2.45) is 0 Å². The molecule has 0 spiro atoms. The zero-order chi connectivity index (χ0) is 16.4. The van der Waals surface area contributed by atoms with Crippen LogP contribution in [0.2, 0.25) is 0 Å². The zero-order valence-electron chi connectivity index (χ0n) is 11.6. The van der Waals surface area contributed by atoms with E-state index in [9.17, 15) is 12.8 Å². The van der Waals surface area contributed by atoms with E-state index in [-0.39, 0.29) is 15.8 Å². The van der Waals surface area contributed by atoms with E-state index in [1.54, 1.807) is 30.5 Å². The standard InChI is InChI=1S/C14H11BrFN3O2S2/c15-12-4-5-14(22-12)23(20,21)18-13-6-7-19(17-13)9-10-2-1-3-11(16)8-10/h1-8H,9H2,(H,17,18). The monoisotopic (exact) mass is 415 g/mol. The van der Waals surface area contributed by atoms with Gasteiger partial charge < -0.3 is 0 Å². The van der Waals surface area contributed by atoms with Gasteiger partial charge in [-0.25, -0.2) is 12.8 Å². The first-order valence-electron chi connectivity index (χ1n) is 6.48. The largest absolute Gasteiger partial charge is 0.272 e. The van der Waals surface area contributed by atoms with Gasteiger partial charge in [0.25, 0.3) is 10.0 Å². The van der Waals surface area contributed by atoms with Crippen LogP contribution in [-0.4, -0.2) is 18.2 Å². The SMILES string of the molecule is O=S(=O)(Nc1ccn(Cc2cccc(F)c2)n1)c1ccc(Br)s1. The van der Waals surface area contributed by atoms with Crippen LogP contribution in [0.1, 0.15) is 5.56 Å². The number of sulfonamides is 1. The predicted molar refractivity (Wildman–Crippen MR) is 90.6 cm³/mol. The summed E-state index contributed by atoms with van der Waals surface area (Å²) in [5, 5.41) is 4.15. The molecule has 5 nitrogen and oxygen atoms in total. The minimum atomic E-state index is -3.66. The van der Waals surface area contributed by atoms with Crippen molar-refractivity contribution in [1.82, 2.24) is 9.78 Å². The van der Waals surface area contributed by atoms with E-state index in [0.29, 0.717) is 6.54 Å². The summed E-state index contributed by atoms with van der Waals surface area (Å²) in [5.74, 6) is -0.107.